The number of esters is 2. The summed E-state index contributed by atoms with van der Waals surface area (Å²) in [5.41, 5.74) is 4.38. The highest BCUT2D eigenvalue weighted by Gasteiger charge is 2.27. The molecule has 0 unspecified atom stereocenters. The lowest BCUT2D eigenvalue weighted by Gasteiger charge is -2.23. The van der Waals surface area contributed by atoms with Gasteiger partial charge < -0.3 is 19.1 Å². The lowest BCUT2D eigenvalue weighted by atomic mass is 9.82. The summed E-state index contributed by atoms with van der Waals surface area (Å²) in [6.45, 7) is -0.634. The predicted molar refractivity (Wildman–Crippen MR) is 118 cm³/mol. The average molecular weight is 421 g/mol. The highest BCUT2D eigenvalue weighted by molar-refractivity contribution is 5.99. The number of aliphatic hydroxyl groups excluding tert-OH is 1. The fraction of sp³-hybridized carbons (Fsp3) is 0.360. The Morgan fingerprint density at radius 3 is 2.48 bits per heavy atom. The van der Waals surface area contributed by atoms with Gasteiger partial charge in [0.25, 0.3) is 0 Å². The second-order valence-corrected chi connectivity index (χ2v) is 7.92. The molecule has 1 aromatic heterocycles. The van der Waals surface area contributed by atoms with Crippen LogP contribution < -0.4 is 0 Å². The van der Waals surface area contributed by atoms with E-state index in [1.165, 1.54) is 31.9 Å². The van der Waals surface area contributed by atoms with Gasteiger partial charge in [-0.2, -0.15) is 0 Å². The van der Waals surface area contributed by atoms with Gasteiger partial charge in [0.1, 0.15) is 6.54 Å². The number of nitrogens with zero attached hydrogens (tertiary/aromatic N) is 1. The van der Waals surface area contributed by atoms with Gasteiger partial charge in [0.2, 0.25) is 0 Å². The molecule has 162 valence electrons. The van der Waals surface area contributed by atoms with E-state index >= 15 is 0 Å². The highest BCUT2D eigenvalue weighted by Crippen LogP contribution is 2.44. The molecule has 6 heteroatoms. The summed E-state index contributed by atoms with van der Waals surface area (Å²) in [5.74, 6) is -0.566. The second-order valence-electron chi connectivity index (χ2n) is 7.92. The molecule has 4 rings (SSSR count). The summed E-state index contributed by atoms with van der Waals surface area (Å²) in [6, 6.07) is 15.5. The summed E-state index contributed by atoms with van der Waals surface area (Å²) < 4.78 is 11.7. The van der Waals surface area contributed by atoms with Crippen molar-refractivity contribution in [3.05, 3.63) is 59.7 Å². The number of aliphatic hydroxyl groups is 1. The molecular formula is C25H27NO5. The van der Waals surface area contributed by atoms with Crippen molar-refractivity contribution in [2.24, 2.45) is 0 Å². The predicted octanol–water partition coefficient (Wildman–Crippen LogP) is 4.64. The minimum atomic E-state index is -0.678. The first kappa shape index (κ1) is 21.1. The SMILES string of the molecule is COC(=O)Cn1c(-c2ccccc2)c(C2CCCCC2)c2ccc(C(=O)OCO)cc21. The molecular weight excluding hydrogens is 394 g/mol. The number of methoxy groups -OCH3 is 1. The topological polar surface area (TPSA) is 77.8 Å². The van der Waals surface area contributed by atoms with E-state index in [1.807, 2.05) is 28.8 Å². The third-order valence-corrected chi connectivity index (χ3v) is 6.11. The van der Waals surface area contributed by atoms with Crippen LogP contribution >= 0.6 is 0 Å². The largest absolute Gasteiger partial charge is 0.468 e. The molecule has 1 saturated carbocycles. The summed E-state index contributed by atoms with van der Waals surface area (Å²) in [7, 11) is 1.38. The number of carbonyl (C=O) groups is 2. The van der Waals surface area contributed by atoms with Gasteiger partial charge in [0, 0.05) is 5.39 Å². The number of benzene rings is 2. The fourth-order valence-electron chi connectivity index (χ4n) is 4.71. The molecule has 1 aliphatic rings. The maximum absolute atomic E-state index is 12.3. The van der Waals surface area contributed by atoms with Crippen LogP contribution in [0.15, 0.2) is 48.5 Å². The van der Waals surface area contributed by atoms with Crippen molar-refractivity contribution >= 4 is 22.8 Å². The van der Waals surface area contributed by atoms with E-state index in [9.17, 15) is 9.59 Å². The van der Waals surface area contributed by atoms with Gasteiger partial charge in [-0.05, 0) is 42.0 Å². The quantitative estimate of drug-likeness (QED) is 0.464. The van der Waals surface area contributed by atoms with Crippen LogP contribution in [0.2, 0.25) is 0 Å². The second kappa shape index (κ2) is 9.35. The monoisotopic (exact) mass is 421 g/mol. The Morgan fingerprint density at radius 2 is 1.81 bits per heavy atom. The van der Waals surface area contributed by atoms with Gasteiger partial charge in [-0.15, -0.1) is 0 Å². The Labute approximate surface area is 181 Å². The normalized spacial score (nSPS) is 14.5. The van der Waals surface area contributed by atoms with Gasteiger partial charge >= 0.3 is 11.9 Å². The standard InChI is InChI=1S/C25H27NO5/c1-30-22(28)15-26-21-14-19(25(29)31-16-27)12-13-20(21)23(17-8-4-2-5-9-17)24(26)18-10-6-3-7-11-18/h3,6-7,10-14,17,27H,2,4-5,8-9,15-16H2,1H3. The van der Waals surface area contributed by atoms with E-state index in [0.717, 1.165) is 35.0 Å². The number of rotatable bonds is 6. The van der Waals surface area contributed by atoms with Crippen molar-refractivity contribution in [3.8, 4) is 11.3 Å². The molecule has 1 heterocycles. The summed E-state index contributed by atoms with van der Waals surface area (Å²) in [4.78, 5) is 24.6. The lowest BCUT2D eigenvalue weighted by Crippen LogP contribution is -2.13. The maximum atomic E-state index is 12.3. The Morgan fingerprint density at radius 1 is 1.06 bits per heavy atom. The van der Waals surface area contributed by atoms with Gasteiger partial charge in [-0.3, -0.25) is 4.79 Å². The molecule has 2 aromatic carbocycles. The Bertz CT molecular complexity index is 1080. The molecule has 0 amide bonds. The average Bonchev–Trinajstić information content (AvgIpc) is 3.13. The Kier molecular flexibility index (Phi) is 6.37. The van der Waals surface area contributed by atoms with Crippen LogP contribution in [0, 0.1) is 0 Å². The zero-order chi connectivity index (χ0) is 21.8. The Balaban J connectivity index is 1.99. The molecule has 3 aromatic rings. The van der Waals surface area contributed by atoms with Crippen molar-refractivity contribution in [1.82, 2.24) is 4.57 Å². The number of carbonyl (C=O) groups excluding carboxylic acids is 2. The van der Waals surface area contributed by atoms with Crippen molar-refractivity contribution in [3.63, 3.8) is 0 Å². The summed E-state index contributed by atoms with van der Waals surface area (Å²) in [5, 5.41) is 10.0. The zero-order valence-corrected chi connectivity index (χ0v) is 17.7. The molecule has 0 aliphatic heterocycles. The molecule has 0 spiro atoms. The van der Waals surface area contributed by atoms with Gasteiger partial charge in [0.15, 0.2) is 6.79 Å². The molecule has 0 saturated heterocycles. The molecule has 6 nitrogen and oxygen atoms in total. The van der Waals surface area contributed by atoms with Crippen molar-refractivity contribution in [1.29, 1.82) is 0 Å². The molecule has 1 fully saturated rings. The van der Waals surface area contributed by atoms with E-state index < -0.39 is 12.8 Å². The molecule has 0 bridgehead atoms. The Hall–Kier alpha value is -3.12. The van der Waals surface area contributed by atoms with Crippen LogP contribution in [0.1, 0.15) is 53.9 Å². The third-order valence-electron chi connectivity index (χ3n) is 6.11. The van der Waals surface area contributed by atoms with Crippen molar-refractivity contribution in [2.45, 2.75) is 44.6 Å². The summed E-state index contributed by atoms with van der Waals surface area (Å²) >= 11 is 0. The van der Waals surface area contributed by atoms with E-state index in [4.69, 9.17) is 14.6 Å². The first-order chi connectivity index (χ1) is 15.1. The van der Waals surface area contributed by atoms with Crippen LogP contribution in [-0.2, 0) is 20.8 Å². The zero-order valence-electron chi connectivity index (χ0n) is 17.7. The van der Waals surface area contributed by atoms with E-state index in [-0.39, 0.29) is 12.5 Å². The maximum Gasteiger partial charge on any atom is 0.340 e. The highest BCUT2D eigenvalue weighted by atomic mass is 16.6. The van der Waals surface area contributed by atoms with Crippen LogP contribution in [0.3, 0.4) is 0 Å². The third kappa shape index (κ3) is 4.21. The van der Waals surface area contributed by atoms with Gasteiger partial charge in [-0.1, -0.05) is 55.7 Å². The first-order valence-corrected chi connectivity index (χ1v) is 10.7. The smallest absolute Gasteiger partial charge is 0.340 e. The van der Waals surface area contributed by atoms with Crippen molar-refractivity contribution < 1.29 is 24.2 Å². The van der Waals surface area contributed by atoms with Crippen LogP contribution in [-0.4, -0.2) is 35.5 Å². The fourth-order valence-corrected chi connectivity index (χ4v) is 4.71. The molecule has 31 heavy (non-hydrogen) atoms. The number of hydrogen-bond acceptors (Lipinski definition) is 5. The molecule has 1 N–H and O–H groups in total. The van der Waals surface area contributed by atoms with E-state index in [2.05, 4.69) is 12.1 Å². The van der Waals surface area contributed by atoms with E-state index in [1.54, 1.807) is 12.1 Å². The molecule has 0 atom stereocenters. The first-order valence-electron chi connectivity index (χ1n) is 10.7. The molecule has 1 aliphatic carbocycles. The van der Waals surface area contributed by atoms with Gasteiger partial charge in [-0.25, -0.2) is 4.79 Å². The minimum Gasteiger partial charge on any atom is -0.468 e. The number of fused-ring (bicyclic) bond motifs is 1. The number of hydrogen-bond donors (Lipinski definition) is 1. The van der Waals surface area contributed by atoms with Crippen LogP contribution in [0.4, 0.5) is 0 Å². The number of aromatic nitrogens is 1. The van der Waals surface area contributed by atoms with Gasteiger partial charge in [0.05, 0.1) is 23.9 Å². The van der Waals surface area contributed by atoms with Crippen molar-refractivity contribution in [2.75, 3.05) is 13.9 Å². The number of ether oxygens (including phenoxy) is 2. The van der Waals surface area contributed by atoms with E-state index in [0.29, 0.717) is 11.5 Å². The summed E-state index contributed by atoms with van der Waals surface area (Å²) in [6.07, 6.45) is 5.82. The molecule has 0 radical (unpaired) electrons. The van der Waals surface area contributed by atoms with Crippen LogP contribution in [0.5, 0.6) is 0 Å². The lowest BCUT2D eigenvalue weighted by molar-refractivity contribution is -0.141. The minimum absolute atomic E-state index is 0.0441. The van der Waals surface area contributed by atoms with Crippen LogP contribution in [0.25, 0.3) is 22.2 Å².